The van der Waals surface area contributed by atoms with E-state index in [2.05, 4.69) is 11.9 Å². The molecule has 0 amide bonds. The second kappa shape index (κ2) is 5.60. The van der Waals surface area contributed by atoms with Crippen molar-refractivity contribution in [2.75, 3.05) is 7.11 Å². The van der Waals surface area contributed by atoms with E-state index in [0.717, 1.165) is 19.3 Å². The molecule has 1 unspecified atom stereocenters. The fourth-order valence-corrected chi connectivity index (χ4v) is 1.36. The van der Waals surface area contributed by atoms with Crippen LogP contribution in [0.15, 0.2) is 18.3 Å². The Kier molecular flexibility index (Phi) is 4.40. The van der Waals surface area contributed by atoms with Gasteiger partial charge in [0.25, 0.3) is 0 Å². The quantitative estimate of drug-likeness (QED) is 0.784. The maximum Gasteiger partial charge on any atom is 0.143 e. The van der Waals surface area contributed by atoms with Crippen molar-refractivity contribution in [3.8, 4) is 5.75 Å². The van der Waals surface area contributed by atoms with Gasteiger partial charge in [0.15, 0.2) is 0 Å². The number of methoxy groups -OCH3 is 1. The molecule has 1 heterocycles. The molecule has 1 aromatic heterocycles. The molecule has 3 nitrogen and oxygen atoms in total. The van der Waals surface area contributed by atoms with Crippen molar-refractivity contribution < 1.29 is 9.84 Å². The van der Waals surface area contributed by atoms with Crippen LogP contribution in [0.1, 0.15) is 38.0 Å². The Morgan fingerprint density at radius 1 is 1.57 bits per heavy atom. The van der Waals surface area contributed by atoms with E-state index in [4.69, 9.17) is 4.74 Å². The summed E-state index contributed by atoms with van der Waals surface area (Å²) >= 11 is 0. The molecule has 3 heteroatoms. The van der Waals surface area contributed by atoms with Crippen LogP contribution in [-0.4, -0.2) is 17.2 Å². The van der Waals surface area contributed by atoms with E-state index >= 15 is 0 Å². The standard InChI is InChI=1S/C11H17NO2/c1-3-4-6-9(13)11-10(14-2)7-5-8-12-11/h5,7-9,13H,3-4,6H2,1-2H3. The lowest BCUT2D eigenvalue weighted by Crippen LogP contribution is -2.03. The molecular weight excluding hydrogens is 178 g/mol. The van der Waals surface area contributed by atoms with Crippen molar-refractivity contribution in [1.82, 2.24) is 4.98 Å². The third kappa shape index (κ3) is 2.70. The summed E-state index contributed by atoms with van der Waals surface area (Å²) in [6.45, 7) is 2.10. The van der Waals surface area contributed by atoms with Gasteiger partial charge in [-0.1, -0.05) is 19.8 Å². The Morgan fingerprint density at radius 2 is 2.36 bits per heavy atom. The number of unbranched alkanes of at least 4 members (excludes halogenated alkanes) is 1. The topological polar surface area (TPSA) is 42.4 Å². The molecule has 0 aromatic carbocycles. The van der Waals surface area contributed by atoms with Crippen LogP contribution in [0.3, 0.4) is 0 Å². The van der Waals surface area contributed by atoms with E-state index in [0.29, 0.717) is 11.4 Å². The largest absolute Gasteiger partial charge is 0.495 e. The fourth-order valence-electron chi connectivity index (χ4n) is 1.36. The van der Waals surface area contributed by atoms with Crippen LogP contribution < -0.4 is 4.74 Å². The first-order valence-electron chi connectivity index (χ1n) is 4.96. The van der Waals surface area contributed by atoms with Gasteiger partial charge in [0.1, 0.15) is 11.4 Å². The van der Waals surface area contributed by atoms with Crippen molar-refractivity contribution in [3.63, 3.8) is 0 Å². The van der Waals surface area contributed by atoms with E-state index in [1.165, 1.54) is 0 Å². The zero-order valence-electron chi connectivity index (χ0n) is 8.73. The molecule has 0 aliphatic rings. The predicted molar refractivity (Wildman–Crippen MR) is 55.3 cm³/mol. The van der Waals surface area contributed by atoms with Crippen molar-refractivity contribution >= 4 is 0 Å². The van der Waals surface area contributed by atoms with E-state index in [1.54, 1.807) is 19.4 Å². The number of aliphatic hydroxyl groups excluding tert-OH is 1. The molecule has 1 atom stereocenters. The number of aromatic nitrogens is 1. The monoisotopic (exact) mass is 195 g/mol. The first kappa shape index (κ1) is 11.0. The molecule has 1 rings (SSSR count). The number of hydrogen-bond acceptors (Lipinski definition) is 3. The minimum atomic E-state index is -0.508. The summed E-state index contributed by atoms with van der Waals surface area (Å²) in [5.74, 6) is 0.663. The van der Waals surface area contributed by atoms with Gasteiger partial charge >= 0.3 is 0 Å². The Hall–Kier alpha value is -1.09. The van der Waals surface area contributed by atoms with Gasteiger partial charge in [0.05, 0.1) is 13.2 Å². The van der Waals surface area contributed by atoms with Crippen LogP contribution in [0, 0.1) is 0 Å². The molecule has 0 radical (unpaired) electrons. The molecule has 0 fully saturated rings. The highest BCUT2D eigenvalue weighted by molar-refractivity contribution is 5.28. The number of pyridine rings is 1. The number of aliphatic hydroxyl groups is 1. The highest BCUT2D eigenvalue weighted by Gasteiger charge is 2.13. The summed E-state index contributed by atoms with van der Waals surface area (Å²) < 4.78 is 5.12. The zero-order valence-corrected chi connectivity index (χ0v) is 8.73. The second-order valence-electron chi connectivity index (χ2n) is 3.25. The lowest BCUT2D eigenvalue weighted by atomic mass is 10.1. The summed E-state index contributed by atoms with van der Waals surface area (Å²) in [5, 5.41) is 9.82. The molecule has 0 aliphatic carbocycles. The van der Waals surface area contributed by atoms with E-state index in [-0.39, 0.29) is 0 Å². The summed E-state index contributed by atoms with van der Waals surface area (Å²) in [7, 11) is 1.59. The Labute approximate surface area is 84.7 Å². The molecule has 0 spiro atoms. The normalized spacial score (nSPS) is 12.5. The van der Waals surface area contributed by atoms with Gasteiger partial charge in [-0.05, 0) is 18.6 Å². The van der Waals surface area contributed by atoms with Crippen LogP contribution in [0.2, 0.25) is 0 Å². The van der Waals surface area contributed by atoms with Gasteiger partial charge < -0.3 is 9.84 Å². The maximum absolute atomic E-state index is 9.82. The number of hydrogen-bond donors (Lipinski definition) is 1. The molecule has 0 aliphatic heterocycles. The second-order valence-corrected chi connectivity index (χ2v) is 3.25. The van der Waals surface area contributed by atoms with Crippen LogP contribution in [0.25, 0.3) is 0 Å². The van der Waals surface area contributed by atoms with E-state index in [9.17, 15) is 5.11 Å². The van der Waals surface area contributed by atoms with Gasteiger partial charge in [-0.15, -0.1) is 0 Å². The Morgan fingerprint density at radius 3 is 3.00 bits per heavy atom. The summed E-state index contributed by atoms with van der Waals surface area (Å²) in [6, 6.07) is 3.62. The molecule has 1 N–H and O–H groups in total. The van der Waals surface area contributed by atoms with Gasteiger partial charge in [-0.2, -0.15) is 0 Å². The maximum atomic E-state index is 9.82. The lowest BCUT2D eigenvalue weighted by molar-refractivity contribution is 0.155. The third-order valence-electron chi connectivity index (χ3n) is 2.17. The number of nitrogens with zero attached hydrogens (tertiary/aromatic N) is 1. The van der Waals surface area contributed by atoms with E-state index in [1.807, 2.05) is 6.07 Å². The van der Waals surface area contributed by atoms with Gasteiger partial charge in [-0.25, -0.2) is 0 Å². The van der Waals surface area contributed by atoms with Crippen molar-refractivity contribution in [1.29, 1.82) is 0 Å². The molecule has 14 heavy (non-hydrogen) atoms. The van der Waals surface area contributed by atoms with Crippen molar-refractivity contribution in [2.45, 2.75) is 32.3 Å². The summed E-state index contributed by atoms with van der Waals surface area (Å²) in [4.78, 5) is 4.13. The zero-order chi connectivity index (χ0) is 10.4. The van der Waals surface area contributed by atoms with Gasteiger partial charge in [0.2, 0.25) is 0 Å². The lowest BCUT2D eigenvalue weighted by Gasteiger charge is -2.12. The van der Waals surface area contributed by atoms with Gasteiger partial charge in [0, 0.05) is 6.20 Å². The summed E-state index contributed by atoms with van der Waals surface area (Å²) in [6.07, 6.45) is 3.98. The number of rotatable bonds is 5. The SMILES string of the molecule is CCCCC(O)c1ncccc1OC. The third-order valence-corrected chi connectivity index (χ3v) is 2.17. The molecule has 78 valence electrons. The summed E-state index contributed by atoms with van der Waals surface area (Å²) in [5.41, 5.74) is 0.642. The Bertz CT molecular complexity index is 276. The Balaban J connectivity index is 2.72. The number of ether oxygens (including phenoxy) is 1. The minimum absolute atomic E-state index is 0.508. The molecule has 0 saturated heterocycles. The van der Waals surface area contributed by atoms with Crippen LogP contribution in [0.4, 0.5) is 0 Å². The molecular formula is C11H17NO2. The molecule has 0 bridgehead atoms. The average Bonchev–Trinajstić information content (AvgIpc) is 2.25. The minimum Gasteiger partial charge on any atom is -0.495 e. The predicted octanol–water partition coefficient (Wildman–Crippen LogP) is 2.31. The smallest absolute Gasteiger partial charge is 0.143 e. The van der Waals surface area contributed by atoms with Crippen LogP contribution >= 0.6 is 0 Å². The van der Waals surface area contributed by atoms with E-state index < -0.39 is 6.10 Å². The molecule has 1 aromatic rings. The van der Waals surface area contributed by atoms with Crippen LogP contribution in [-0.2, 0) is 0 Å². The first-order valence-corrected chi connectivity index (χ1v) is 4.96. The van der Waals surface area contributed by atoms with Crippen molar-refractivity contribution in [2.24, 2.45) is 0 Å². The first-order chi connectivity index (χ1) is 6.79. The highest BCUT2D eigenvalue weighted by atomic mass is 16.5. The fraction of sp³-hybridized carbons (Fsp3) is 0.545. The van der Waals surface area contributed by atoms with Gasteiger partial charge in [-0.3, -0.25) is 4.98 Å². The molecule has 0 saturated carbocycles. The average molecular weight is 195 g/mol. The highest BCUT2D eigenvalue weighted by Crippen LogP contribution is 2.25. The van der Waals surface area contributed by atoms with Crippen LogP contribution in [0.5, 0.6) is 5.75 Å². The van der Waals surface area contributed by atoms with Crippen molar-refractivity contribution in [3.05, 3.63) is 24.0 Å².